The van der Waals surface area contributed by atoms with Crippen molar-refractivity contribution in [3.8, 4) is 6.07 Å². The zero-order valence-electron chi connectivity index (χ0n) is 17.7. The molecule has 0 spiro atoms. The van der Waals surface area contributed by atoms with Gasteiger partial charge in [-0.25, -0.2) is 0 Å². The molecule has 1 amide bonds. The van der Waals surface area contributed by atoms with Crippen LogP contribution in [0.4, 0.5) is 0 Å². The van der Waals surface area contributed by atoms with Gasteiger partial charge < -0.3 is 11.1 Å². The Kier molecular flexibility index (Phi) is 7.19. The summed E-state index contributed by atoms with van der Waals surface area (Å²) in [7, 11) is 0. The maximum Gasteiger partial charge on any atom is 0.223 e. The Morgan fingerprint density at radius 3 is 2.65 bits per heavy atom. The fraction of sp³-hybridized carbons (Fsp3) is 0.360. The normalized spacial score (nSPS) is 18.7. The van der Waals surface area contributed by atoms with Crippen LogP contribution >= 0.6 is 0 Å². The minimum Gasteiger partial charge on any atom is -0.384 e. The van der Waals surface area contributed by atoms with E-state index >= 15 is 0 Å². The summed E-state index contributed by atoms with van der Waals surface area (Å²) in [6.45, 7) is 1.74. The van der Waals surface area contributed by atoms with E-state index in [-0.39, 0.29) is 29.4 Å². The lowest BCUT2D eigenvalue weighted by atomic mass is 9.94. The van der Waals surface area contributed by atoms with Gasteiger partial charge in [0.05, 0.1) is 17.7 Å². The van der Waals surface area contributed by atoms with Crippen LogP contribution in [-0.4, -0.2) is 23.6 Å². The van der Waals surface area contributed by atoms with Crippen molar-refractivity contribution < 1.29 is 9.59 Å². The lowest BCUT2D eigenvalue weighted by Crippen LogP contribution is -2.41. The third kappa shape index (κ3) is 5.79. The van der Waals surface area contributed by atoms with Gasteiger partial charge in [-0.3, -0.25) is 15.0 Å². The number of rotatable bonds is 8. The summed E-state index contributed by atoms with van der Waals surface area (Å²) in [6, 6.07) is 16.5. The summed E-state index contributed by atoms with van der Waals surface area (Å²) >= 11 is 0. The molecule has 2 aromatic rings. The molecule has 3 atom stereocenters. The molecule has 160 valence electrons. The Morgan fingerprint density at radius 1 is 1.23 bits per heavy atom. The van der Waals surface area contributed by atoms with Crippen LogP contribution in [-0.2, 0) is 16.0 Å². The Morgan fingerprint density at radius 2 is 1.97 bits per heavy atom. The molecule has 0 unspecified atom stereocenters. The van der Waals surface area contributed by atoms with Crippen molar-refractivity contribution in [2.75, 3.05) is 0 Å². The first-order valence-electron chi connectivity index (χ1n) is 10.6. The van der Waals surface area contributed by atoms with E-state index < -0.39 is 6.04 Å². The summed E-state index contributed by atoms with van der Waals surface area (Å²) in [5.74, 6) is 0.120. The number of hydrogen-bond acceptors (Lipinski definition) is 4. The van der Waals surface area contributed by atoms with Crippen LogP contribution < -0.4 is 11.1 Å². The molecule has 0 aliphatic heterocycles. The van der Waals surface area contributed by atoms with E-state index in [0.717, 1.165) is 30.4 Å². The van der Waals surface area contributed by atoms with Crippen LogP contribution in [0.5, 0.6) is 0 Å². The van der Waals surface area contributed by atoms with Crippen LogP contribution in [0.3, 0.4) is 0 Å². The molecule has 6 nitrogen and oxygen atoms in total. The maximum absolute atomic E-state index is 12.7. The average molecular weight is 417 g/mol. The fourth-order valence-corrected chi connectivity index (χ4v) is 4.13. The summed E-state index contributed by atoms with van der Waals surface area (Å²) in [5.41, 5.74) is 8.85. The minimum atomic E-state index is -0.523. The number of aryl methyl sites for hydroxylation is 1. The topological polar surface area (TPSA) is 120 Å². The highest BCUT2D eigenvalue weighted by molar-refractivity contribution is 5.95. The van der Waals surface area contributed by atoms with E-state index in [1.807, 2.05) is 30.3 Å². The summed E-state index contributed by atoms with van der Waals surface area (Å²) in [4.78, 5) is 25.2. The molecular formula is C25H28N4O2. The second kappa shape index (κ2) is 10.0. The molecule has 2 aromatic carbocycles. The van der Waals surface area contributed by atoms with Gasteiger partial charge in [-0.05, 0) is 61.8 Å². The summed E-state index contributed by atoms with van der Waals surface area (Å²) < 4.78 is 0. The number of ketones is 1. The molecule has 3 rings (SSSR count). The molecule has 0 heterocycles. The predicted molar refractivity (Wildman–Crippen MR) is 120 cm³/mol. The number of carbonyl (C=O) groups excluding carboxylic acids is 2. The van der Waals surface area contributed by atoms with Crippen LogP contribution in [0.25, 0.3) is 0 Å². The van der Waals surface area contributed by atoms with Gasteiger partial charge in [0.1, 0.15) is 5.84 Å². The minimum absolute atomic E-state index is 0.000243. The molecule has 31 heavy (non-hydrogen) atoms. The quantitative estimate of drug-likeness (QED) is 0.451. The molecular weight excluding hydrogens is 388 g/mol. The number of nitrogens with one attached hydrogen (secondary N) is 2. The van der Waals surface area contributed by atoms with Crippen molar-refractivity contribution in [3.63, 3.8) is 0 Å². The van der Waals surface area contributed by atoms with Gasteiger partial charge in [0.2, 0.25) is 5.91 Å². The van der Waals surface area contributed by atoms with Crippen molar-refractivity contribution in [1.29, 1.82) is 10.7 Å². The van der Waals surface area contributed by atoms with Crippen LogP contribution in [0.2, 0.25) is 0 Å². The highest BCUT2D eigenvalue weighted by Crippen LogP contribution is 2.38. The monoisotopic (exact) mass is 416 g/mol. The van der Waals surface area contributed by atoms with Crippen molar-refractivity contribution >= 4 is 17.5 Å². The smallest absolute Gasteiger partial charge is 0.223 e. The highest BCUT2D eigenvalue weighted by Gasteiger charge is 2.32. The molecule has 0 bridgehead atoms. The third-order valence-electron chi connectivity index (χ3n) is 6.06. The van der Waals surface area contributed by atoms with E-state index in [1.165, 1.54) is 0 Å². The number of nitrogens with two attached hydrogens (primary N) is 1. The van der Waals surface area contributed by atoms with E-state index in [1.54, 1.807) is 25.1 Å². The Balaban J connectivity index is 1.48. The molecule has 6 heteroatoms. The maximum atomic E-state index is 12.7. The first-order chi connectivity index (χ1) is 14.9. The van der Waals surface area contributed by atoms with Gasteiger partial charge in [0, 0.05) is 17.9 Å². The van der Waals surface area contributed by atoms with Gasteiger partial charge in [-0.15, -0.1) is 0 Å². The predicted octanol–water partition coefficient (Wildman–Crippen LogP) is 3.43. The molecule has 0 saturated heterocycles. The van der Waals surface area contributed by atoms with Crippen molar-refractivity contribution in [2.45, 2.75) is 51.0 Å². The van der Waals surface area contributed by atoms with Crippen molar-refractivity contribution in [3.05, 3.63) is 70.8 Å². The molecule has 0 radical (unpaired) electrons. The number of nitrogen functional groups attached to an aromatic ring is 1. The molecule has 1 aliphatic carbocycles. The lowest BCUT2D eigenvalue weighted by Gasteiger charge is -2.17. The SMILES string of the molecule is C[C@H](NC(=O)[C@@H]1CC[C@H](c2cccc(C#N)c2)C1)C(=O)CCc1ccc(C(=N)N)cc1. The van der Waals surface area contributed by atoms with E-state index in [9.17, 15) is 9.59 Å². The second-order valence-corrected chi connectivity index (χ2v) is 8.25. The number of amidine groups is 1. The Hall–Kier alpha value is -3.46. The Bertz CT molecular complexity index is 1010. The molecule has 1 fully saturated rings. The molecule has 1 saturated carbocycles. The summed E-state index contributed by atoms with van der Waals surface area (Å²) in [6.07, 6.45) is 3.36. The number of carbonyl (C=O) groups is 2. The fourth-order valence-electron chi connectivity index (χ4n) is 4.13. The number of Topliss-reactive ketones (excluding diaryl/α,β-unsaturated/α-hetero) is 1. The summed E-state index contributed by atoms with van der Waals surface area (Å²) in [5, 5.41) is 19.4. The largest absolute Gasteiger partial charge is 0.384 e. The number of amides is 1. The van der Waals surface area contributed by atoms with Gasteiger partial charge in [-0.1, -0.05) is 36.4 Å². The van der Waals surface area contributed by atoms with Gasteiger partial charge in [0.15, 0.2) is 5.78 Å². The van der Waals surface area contributed by atoms with E-state index in [0.29, 0.717) is 24.0 Å². The molecule has 0 aromatic heterocycles. The third-order valence-corrected chi connectivity index (χ3v) is 6.06. The number of nitriles is 1. The molecule has 1 aliphatic rings. The van der Waals surface area contributed by atoms with Crippen molar-refractivity contribution in [2.24, 2.45) is 11.7 Å². The average Bonchev–Trinajstić information content (AvgIpc) is 3.28. The van der Waals surface area contributed by atoms with Gasteiger partial charge in [-0.2, -0.15) is 5.26 Å². The molecule has 4 N–H and O–H groups in total. The zero-order chi connectivity index (χ0) is 22.4. The van der Waals surface area contributed by atoms with Gasteiger partial charge in [0.25, 0.3) is 0 Å². The van der Waals surface area contributed by atoms with E-state index in [4.69, 9.17) is 16.4 Å². The highest BCUT2D eigenvalue weighted by atomic mass is 16.2. The first kappa shape index (κ1) is 22.2. The lowest BCUT2D eigenvalue weighted by molar-refractivity contribution is -0.129. The number of nitrogens with zero attached hydrogens (tertiary/aromatic N) is 1. The van der Waals surface area contributed by atoms with Crippen molar-refractivity contribution in [1.82, 2.24) is 5.32 Å². The second-order valence-electron chi connectivity index (χ2n) is 8.25. The van der Waals surface area contributed by atoms with Crippen LogP contribution in [0, 0.1) is 22.7 Å². The zero-order valence-corrected chi connectivity index (χ0v) is 17.7. The van der Waals surface area contributed by atoms with Crippen LogP contribution in [0.15, 0.2) is 48.5 Å². The number of benzene rings is 2. The van der Waals surface area contributed by atoms with E-state index in [2.05, 4.69) is 11.4 Å². The number of hydrogen-bond donors (Lipinski definition) is 3. The standard InChI is InChI=1S/C25H28N4O2/c1-16(23(30)12-7-17-5-8-19(9-6-17)24(27)28)29-25(31)22-11-10-21(14-22)20-4-2-3-18(13-20)15-26/h2-6,8-9,13,16,21-22H,7,10-12,14H2,1H3,(H3,27,28)(H,29,31)/t16-,21-,22+/m0/s1. The Labute approximate surface area is 183 Å². The van der Waals surface area contributed by atoms with Gasteiger partial charge >= 0.3 is 0 Å². The first-order valence-corrected chi connectivity index (χ1v) is 10.6. The van der Waals surface area contributed by atoms with Crippen LogP contribution in [0.1, 0.15) is 60.8 Å².